The van der Waals surface area contributed by atoms with Gasteiger partial charge in [0.25, 0.3) is 0 Å². The highest BCUT2D eigenvalue weighted by molar-refractivity contribution is 8.36. The minimum absolute atomic E-state index is 0.00954. The summed E-state index contributed by atoms with van der Waals surface area (Å²) in [5, 5.41) is 9.69. The molecule has 0 saturated carbocycles. The Labute approximate surface area is 221 Å². The van der Waals surface area contributed by atoms with Gasteiger partial charge in [0.15, 0.2) is 0 Å². The molecule has 4 heterocycles. The van der Waals surface area contributed by atoms with Crippen LogP contribution in [0.3, 0.4) is 0 Å². The number of piperazine rings is 1. The van der Waals surface area contributed by atoms with Crippen molar-refractivity contribution >= 4 is 43.6 Å². The van der Waals surface area contributed by atoms with E-state index in [1.54, 1.807) is 24.8 Å². The molecule has 0 radical (unpaired) electrons. The van der Waals surface area contributed by atoms with Crippen LogP contribution in [-0.4, -0.2) is 72.6 Å². The van der Waals surface area contributed by atoms with Crippen molar-refractivity contribution in [1.29, 1.82) is 0 Å². The average Bonchev–Trinajstić information content (AvgIpc) is 2.97. The van der Waals surface area contributed by atoms with Crippen LogP contribution in [0.4, 0.5) is 23.8 Å². The number of aromatic nitrogens is 4. The van der Waals surface area contributed by atoms with E-state index in [1.165, 1.54) is 21.9 Å². The maximum atomic E-state index is 14.0. The zero-order valence-electron chi connectivity index (χ0n) is 20.3. The Morgan fingerprint density at radius 1 is 1.16 bits per heavy atom. The number of benzene rings is 1. The third kappa shape index (κ3) is 4.82. The van der Waals surface area contributed by atoms with Crippen LogP contribution in [0.2, 0.25) is 0 Å². The standard InChI is InChI=1S/C23H24ClF3N6O4S/c1-12-8-31(9-13(2)33(12)22(35)36)19-16-6-14(23(25,26)27)7-17-18(16)32(21(34)30-19)10-15(11-38(17)24)37-20-28-4-3-5-29-20/h3-7,12-13,15,38H,8-11H2,1-2H3,(H,35,36)/t12?,13?,15-/m0/s1. The van der Waals surface area contributed by atoms with Crippen molar-refractivity contribution in [2.24, 2.45) is 0 Å². The Bertz CT molecular complexity index is 1430. The second-order valence-electron chi connectivity index (χ2n) is 9.33. The Hall–Kier alpha value is -3.26. The van der Waals surface area contributed by atoms with Gasteiger partial charge in [-0.15, -0.1) is 10.1 Å². The summed E-state index contributed by atoms with van der Waals surface area (Å²) in [5.41, 5.74) is -1.30. The zero-order chi connectivity index (χ0) is 27.4. The molecule has 2 aromatic heterocycles. The van der Waals surface area contributed by atoms with E-state index in [4.69, 9.17) is 15.4 Å². The van der Waals surface area contributed by atoms with Crippen LogP contribution in [0, 0.1) is 0 Å². The lowest BCUT2D eigenvalue weighted by Gasteiger charge is -2.43. The van der Waals surface area contributed by atoms with Crippen molar-refractivity contribution in [3.63, 3.8) is 0 Å². The maximum absolute atomic E-state index is 14.0. The van der Waals surface area contributed by atoms with Gasteiger partial charge in [-0.1, -0.05) is 10.7 Å². The minimum Gasteiger partial charge on any atom is -0.465 e. The Morgan fingerprint density at radius 3 is 2.42 bits per heavy atom. The Morgan fingerprint density at radius 2 is 1.82 bits per heavy atom. The van der Waals surface area contributed by atoms with Crippen molar-refractivity contribution in [2.45, 2.75) is 49.7 Å². The number of anilines is 1. The van der Waals surface area contributed by atoms with Crippen molar-refractivity contribution in [2.75, 3.05) is 23.7 Å². The summed E-state index contributed by atoms with van der Waals surface area (Å²) in [4.78, 5) is 40.5. The first-order valence-corrected chi connectivity index (χ1v) is 14.2. The minimum atomic E-state index is -4.67. The first kappa shape index (κ1) is 26.4. The third-order valence-electron chi connectivity index (χ3n) is 6.63. The normalized spacial score (nSPS) is 24.8. The lowest BCUT2D eigenvalue weighted by atomic mass is 10.1. The number of ether oxygens (including phenoxy) is 1. The number of amides is 1. The molecule has 2 aliphatic heterocycles. The van der Waals surface area contributed by atoms with Gasteiger partial charge in [-0.2, -0.15) is 18.2 Å². The van der Waals surface area contributed by atoms with Crippen LogP contribution >= 0.6 is 20.8 Å². The van der Waals surface area contributed by atoms with Gasteiger partial charge >= 0.3 is 24.0 Å². The number of hydrogen-bond acceptors (Lipinski definition) is 7. The van der Waals surface area contributed by atoms with E-state index >= 15 is 0 Å². The van der Waals surface area contributed by atoms with Crippen LogP contribution in [-0.2, 0) is 12.7 Å². The van der Waals surface area contributed by atoms with Crippen molar-refractivity contribution < 1.29 is 27.8 Å². The zero-order valence-corrected chi connectivity index (χ0v) is 21.9. The molecular formula is C23H24ClF3N6O4S. The first-order chi connectivity index (χ1) is 17.9. The predicted molar refractivity (Wildman–Crippen MR) is 136 cm³/mol. The summed E-state index contributed by atoms with van der Waals surface area (Å²) in [6.07, 6.45) is -3.47. The van der Waals surface area contributed by atoms with E-state index in [-0.39, 0.29) is 53.0 Å². The monoisotopic (exact) mass is 572 g/mol. The van der Waals surface area contributed by atoms with Crippen molar-refractivity contribution in [3.05, 3.63) is 46.6 Å². The molecule has 3 aromatic rings. The smallest absolute Gasteiger partial charge is 0.416 e. The molecule has 15 heteroatoms. The van der Waals surface area contributed by atoms with Gasteiger partial charge in [0.2, 0.25) is 0 Å². The molecule has 10 nitrogen and oxygen atoms in total. The summed E-state index contributed by atoms with van der Waals surface area (Å²) in [6, 6.07) is 2.69. The lowest BCUT2D eigenvalue weighted by Crippen LogP contribution is -2.58. The van der Waals surface area contributed by atoms with Crippen LogP contribution in [0.25, 0.3) is 10.9 Å². The van der Waals surface area contributed by atoms with Crippen LogP contribution in [0.5, 0.6) is 6.01 Å². The fraction of sp³-hybridized carbons (Fsp3) is 0.435. The molecule has 1 fully saturated rings. The largest absolute Gasteiger partial charge is 0.465 e. The molecule has 38 heavy (non-hydrogen) atoms. The van der Waals surface area contributed by atoms with Crippen LogP contribution in [0.1, 0.15) is 19.4 Å². The molecule has 5 rings (SSSR count). The molecule has 0 bridgehead atoms. The number of rotatable bonds is 3. The number of thiol groups is 1. The fourth-order valence-electron chi connectivity index (χ4n) is 5.12. The van der Waals surface area contributed by atoms with Gasteiger partial charge < -0.3 is 14.7 Å². The van der Waals surface area contributed by atoms with Gasteiger partial charge in [0.05, 0.1) is 29.7 Å². The Kier molecular flexibility index (Phi) is 6.80. The summed E-state index contributed by atoms with van der Waals surface area (Å²) in [6.45, 7) is 3.70. The van der Waals surface area contributed by atoms with E-state index in [1.807, 2.05) is 0 Å². The summed E-state index contributed by atoms with van der Waals surface area (Å²) < 4.78 is 49.2. The van der Waals surface area contributed by atoms with Crippen molar-refractivity contribution in [3.8, 4) is 6.01 Å². The highest BCUT2D eigenvalue weighted by Gasteiger charge is 2.38. The molecule has 1 N–H and O–H groups in total. The molecule has 1 aromatic carbocycles. The number of nitrogens with zero attached hydrogens (tertiary/aromatic N) is 6. The first-order valence-electron chi connectivity index (χ1n) is 11.7. The van der Waals surface area contributed by atoms with E-state index in [0.29, 0.717) is 0 Å². The highest BCUT2D eigenvalue weighted by atomic mass is 35.7. The van der Waals surface area contributed by atoms with Gasteiger partial charge in [0.1, 0.15) is 11.9 Å². The molecule has 204 valence electrons. The topological polar surface area (TPSA) is 114 Å². The third-order valence-corrected chi connectivity index (χ3v) is 9.18. The maximum Gasteiger partial charge on any atom is 0.416 e. The van der Waals surface area contributed by atoms with Gasteiger partial charge in [-0.25, -0.2) is 19.6 Å². The van der Waals surface area contributed by atoms with Gasteiger partial charge in [-0.05, 0) is 32.0 Å². The SMILES string of the molecule is CC1CN(c2nc(=O)n3c4c(cc(C(F)(F)F)cc24)[SH](Cl)C[C@@H](Oc2ncccn2)C3)CC(C)N1C(=O)O. The van der Waals surface area contributed by atoms with Gasteiger partial charge in [0, 0.05) is 41.5 Å². The van der Waals surface area contributed by atoms with Crippen molar-refractivity contribution in [1.82, 2.24) is 24.4 Å². The second-order valence-corrected chi connectivity index (χ2v) is 12.1. The molecule has 2 aliphatic rings. The lowest BCUT2D eigenvalue weighted by molar-refractivity contribution is -0.137. The summed E-state index contributed by atoms with van der Waals surface area (Å²) >= 11 is 0. The van der Waals surface area contributed by atoms with E-state index in [2.05, 4.69) is 15.0 Å². The highest BCUT2D eigenvalue weighted by Crippen LogP contribution is 2.50. The van der Waals surface area contributed by atoms with Crippen LogP contribution < -0.4 is 15.3 Å². The molecule has 3 unspecified atom stereocenters. The number of alkyl halides is 3. The predicted octanol–water partition coefficient (Wildman–Crippen LogP) is 3.76. The Balaban J connectivity index is 1.66. The van der Waals surface area contributed by atoms with E-state index < -0.39 is 51.8 Å². The molecule has 4 atom stereocenters. The number of carbonyl (C=O) groups is 1. The number of carboxylic acid groups (broad SMARTS) is 1. The quantitative estimate of drug-likeness (QED) is 0.456. The van der Waals surface area contributed by atoms with Crippen LogP contribution in [0.15, 0.2) is 40.3 Å². The average molecular weight is 573 g/mol. The molecule has 1 saturated heterocycles. The molecule has 0 aliphatic carbocycles. The second kappa shape index (κ2) is 9.80. The summed E-state index contributed by atoms with van der Waals surface area (Å²) in [7, 11) is 5.05. The van der Waals surface area contributed by atoms with Gasteiger partial charge in [-0.3, -0.25) is 9.47 Å². The number of hydrogen-bond donors (Lipinski definition) is 2. The van der Waals surface area contributed by atoms with E-state index in [9.17, 15) is 27.9 Å². The molecular weight excluding hydrogens is 549 g/mol. The molecule has 0 spiro atoms. The molecule has 1 amide bonds. The summed E-state index contributed by atoms with van der Waals surface area (Å²) in [5.74, 6) is 0.232. The fourth-order valence-corrected chi connectivity index (χ4v) is 7.46. The van der Waals surface area contributed by atoms with E-state index in [0.717, 1.165) is 12.1 Å². The number of halogens is 4.